The number of carbonyl (C=O) groups is 1. The average molecular weight is 622 g/mol. The summed E-state index contributed by atoms with van der Waals surface area (Å²) in [5.74, 6) is -5.04. The molecule has 0 unspecified atom stereocenters. The third-order valence-electron chi connectivity index (χ3n) is 5.05. The molecule has 2 heterocycles. The Morgan fingerprint density at radius 2 is 1.50 bits per heavy atom. The fourth-order valence-electron chi connectivity index (χ4n) is 3.35. The van der Waals surface area contributed by atoms with Gasteiger partial charge in [-0.2, -0.15) is 4.72 Å². The van der Waals surface area contributed by atoms with E-state index in [0.29, 0.717) is 6.07 Å². The lowest BCUT2D eigenvalue weighted by Gasteiger charge is -2.19. The molecule has 0 aliphatic heterocycles. The lowest BCUT2D eigenvalue weighted by molar-refractivity contribution is 0.0697. The third-order valence-corrected chi connectivity index (χ3v) is 7.19. The number of rotatable bonds is 8. The predicted octanol–water partition coefficient (Wildman–Crippen LogP) is 4.87. The van der Waals surface area contributed by atoms with E-state index in [-0.39, 0.29) is 17.1 Å². The van der Waals surface area contributed by atoms with Crippen molar-refractivity contribution in [1.82, 2.24) is 14.7 Å². The first-order chi connectivity index (χ1) is 17.2. The van der Waals surface area contributed by atoms with Crippen LogP contribution in [0.4, 0.5) is 20.2 Å². The minimum atomic E-state index is -4.80. The van der Waals surface area contributed by atoms with Gasteiger partial charge in [-0.05, 0) is 77.2 Å². The topological polar surface area (TPSA) is 121 Å². The maximum Gasteiger partial charge on any atom is 0.337 e. The monoisotopic (exact) mass is 622 g/mol. The summed E-state index contributed by atoms with van der Waals surface area (Å²) in [6, 6.07) is 15.4. The maximum absolute atomic E-state index is 15.2. The number of sulfonamides is 1. The molecule has 4 rings (SSSR count). The summed E-state index contributed by atoms with van der Waals surface area (Å²) in [5, 5.41) is 12.2. The van der Waals surface area contributed by atoms with Gasteiger partial charge in [-0.3, -0.25) is 9.97 Å². The molecule has 2 aromatic carbocycles. The van der Waals surface area contributed by atoms with Crippen LogP contribution in [-0.4, -0.2) is 29.5 Å². The van der Waals surface area contributed by atoms with Crippen LogP contribution in [0.1, 0.15) is 27.8 Å². The van der Waals surface area contributed by atoms with Crippen molar-refractivity contribution in [3.8, 4) is 0 Å². The van der Waals surface area contributed by atoms with Gasteiger partial charge in [-0.15, -0.1) is 0 Å². The summed E-state index contributed by atoms with van der Waals surface area (Å²) >= 11 is 2.05. The van der Waals surface area contributed by atoms with Crippen LogP contribution in [0.25, 0.3) is 0 Å². The molecule has 0 radical (unpaired) electrons. The number of carboxylic acids is 1. The molecule has 4 aromatic rings. The summed E-state index contributed by atoms with van der Waals surface area (Å²) in [6.45, 7) is 0. The standard InChI is InChI=1S/C24H17F2IN4O4S/c25-20-19(13-16(24(32)33)22(21(20)26)30-15-9-7-14(27)8-10-15)36(34,35)31-23(17-5-1-3-11-28-17)18-6-2-4-12-29-18/h1-13,23,30-31H,(H,32,33). The molecule has 0 bridgehead atoms. The molecule has 184 valence electrons. The number of aromatic nitrogens is 2. The van der Waals surface area contributed by atoms with E-state index in [4.69, 9.17) is 0 Å². The lowest BCUT2D eigenvalue weighted by atomic mass is 10.1. The molecule has 2 aromatic heterocycles. The van der Waals surface area contributed by atoms with Crippen LogP contribution in [0.5, 0.6) is 0 Å². The van der Waals surface area contributed by atoms with Gasteiger partial charge in [0.25, 0.3) is 0 Å². The van der Waals surface area contributed by atoms with Gasteiger partial charge in [0.2, 0.25) is 10.0 Å². The minimum Gasteiger partial charge on any atom is -0.478 e. The van der Waals surface area contributed by atoms with Gasteiger partial charge in [0.15, 0.2) is 11.6 Å². The highest BCUT2D eigenvalue weighted by Gasteiger charge is 2.32. The van der Waals surface area contributed by atoms with Crippen molar-refractivity contribution in [2.45, 2.75) is 10.9 Å². The third kappa shape index (κ3) is 5.50. The predicted molar refractivity (Wildman–Crippen MR) is 136 cm³/mol. The van der Waals surface area contributed by atoms with E-state index in [1.54, 1.807) is 48.5 Å². The van der Waals surface area contributed by atoms with Crippen LogP contribution in [0, 0.1) is 15.2 Å². The molecule has 0 saturated heterocycles. The zero-order chi connectivity index (χ0) is 25.9. The number of halogens is 3. The van der Waals surface area contributed by atoms with Gasteiger partial charge in [0, 0.05) is 21.7 Å². The molecule has 0 aliphatic carbocycles. The van der Waals surface area contributed by atoms with Crippen molar-refractivity contribution in [3.05, 3.63) is 111 Å². The molecule has 36 heavy (non-hydrogen) atoms. The number of hydrogen-bond donors (Lipinski definition) is 3. The van der Waals surface area contributed by atoms with Crippen LogP contribution < -0.4 is 10.0 Å². The van der Waals surface area contributed by atoms with Crippen molar-refractivity contribution < 1.29 is 27.1 Å². The van der Waals surface area contributed by atoms with Gasteiger partial charge >= 0.3 is 5.97 Å². The van der Waals surface area contributed by atoms with E-state index in [1.165, 1.54) is 24.5 Å². The molecule has 0 spiro atoms. The van der Waals surface area contributed by atoms with E-state index < -0.39 is 49.8 Å². The van der Waals surface area contributed by atoms with E-state index in [2.05, 4.69) is 20.0 Å². The van der Waals surface area contributed by atoms with Gasteiger partial charge < -0.3 is 10.4 Å². The number of carboxylic acid groups (broad SMARTS) is 1. The van der Waals surface area contributed by atoms with Crippen LogP contribution in [0.15, 0.2) is 84.0 Å². The van der Waals surface area contributed by atoms with Crippen molar-refractivity contribution in [1.29, 1.82) is 0 Å². The largest absolute Gasteiger partial charge is 0.478 e. The second-order valence-electron chi connectivity index (χ2n) is 7.43. The fourth-order valence-corrected chi connectivity index (χ4v) is 4.99. The number of aromatic carboxylic acids is 1. The Bertz CT molecular complexity index is 1470. The second-order valence-corrected chi connectivity index (χ2v) is 10.4. The number of anilines is 2. The molecule has 0 fully saturated rings. The molecule has 12 heteroatoms. The van der Waals surface area contributed by atoms with Crippen LogP contribution in [-0.2, 0) is 10.0 Å². The first-order valence-corrected chi connectivity index (χ1v) is 12.9. The number of hydrogen-bond acceptors (Lipinski definition) is 6. The molecule has 0 aliphatic rings. The Hall–Kier alpha value is -3.49. The van der Waals surface area contributed by atoms with Crippen LogP contribution in [0.2, 0.25) is 0 Å². The first kappa shape index (κ1) is 25.6. The van der Waals surface area contributed by atoms with Gasteiger partial charge in [-0.25, -0.2) is 22.0 Å². The highest BCUT2D eigenvalue weighted by atomic mass is 127. The van der Waals surface area contributed by atoms with Crippen molar-refractivity contribution in [2.24, 2.45) is 0 Å². The second kappa shape index (κ2) is 10.6. The van der Waals surface area contributed by atoms with Gasteiger partial charge in [0.1, 0.15) is 10.9 Å². The molecular formula is C24H17F2IN4O4S. The molecule has 0 atom stereocenters. The van der Waals surface area contributed by atoms with Gasteiger partial charge in [-0.1, -0.05) is 12.1 Å². The van der Waals surface area contributed by atoms with Gasteiger partial charge in [0.05, 0.1) is 22.6 Å². The Balaban J connectivity index is 1.79. The zero-order valence-electron chi connectivity index (χ0n) is 18.2. The summed E-state index contributed by atoms with van der Waals surface area (Å²) < 4.78 is 60.0. The first-order valence-electron chi connectivity index (χ1n) is 10.3. The Kier molecular flexibility index (Phi) is 7.56. The highest BCUT2D eigenvalue weighted by molar-refractivity contribution is 14.1. The Morgan fingerprint density at radius 1 is 0.917 bits per heavy atom. The number of pyridine rings is 2. The summed E-state index contributed by atoms with van der Waals surface area (Å²) in [4.78, 5) is 19.0. The van der Waals surface area contributed by atoms with E-state index in [0.717, 1.165) is 3.57 Å². The molecule has 0 amide bonds. The van der Waals surface area contributed by atoms with E-state index in [9.17, 15) is 18.3 Å². The SMILES string of the molecule is O=C(O)c1cc(S(=O)(=O)NC(c2ccccn2)c2ccccn2)c(F)c(F)c1Nc1ccc(I)cc1. The highest BCUT2D eigenvalue weighted by Crippen LogP contribution is 2.32. The smallest absolute Gasteiger partial charge is 0.337 e. The molecule has 8 nitrogen and oxygen atoms in total. The summed E-state index contributed by atoms with van der Waals surface area (Å²) in [5.41, 5.74) is -0.686. The summed E-state index contributed by atoms with van der Waals surface area (Å²) in [6.07, 6.45) is 2.88. The quantitative estimate of drug-likeness (QED) is 0.240. The maximum atomic E-state index is 15.2. The molecular weight excluding hydrogens is 605 g/mol. The van der Waals surface area contributed by atoms with Crippen molar-refractivity contribution >= 4 is 50.0 Å². The van der Waals surface area contributed by atoms with Crippen molar-refractivity contribution in [3.63, 3.8) is 0 Å². The van der Waals surface area contributed by atoms with Crippen molar-refractivity contribution in [2.75, 3.05) is 5.32 Å². The zero-order valence-corrected chi connectivity index (χ0v) is 21.2. The molecule has 0 saturated carbocycles. The van der Waals surface area contributed by atoms with Crippen LogP contribution in [0.3, 0.4) is 0 Å². The lowest BCUT2D eigenvalue weighted by Crippen LogP contribution is -2.31. The number of nitrogens with one attached hydrogen (secondary N) is 2. The fraction of sp³-hybridized carbons (Fsp3) is 0.0417. The average Bonchev–Trinajstić information content (AvgIpc) is 2.87. The Labute approximate surface area is 218 Å². The van der Waals surface area contributed by atoms with E-state index >= 15 is 8.78 Å². The minimum absolute atomic E-state index is 0.246. The van der Waals surface area contributed by atoms with E-state index in [1.807, 2.05) is 22.6 Å². The number of benzene rings is 2. The van der Waals surface area contributed by atoms with Crippen LogP contribution >= 0.6 is 22.6 Å². The molecule has 3 N–H and O–H groups in total. The number of nitrogens with zero attached hydrogens (tertiary/aromatic N) is 2. The normalized spacial score (nSPS) is 11.4. The Morgan fingerprint density at radius 3 is 2.00 bits per heavy atom. The summed E-state index contributed by atoms with van der Waals surface area (Å²) in [7, 11) is -4.80.